The Balaban J connectivity index is 1.73. The van der Waals surface area contributed by atoms with Crippen molar-refractivity contribution in [3.8, 4) is 6.07 Å². The third-order valence-electron chi connectivity index (χ3n) is 3.68. The van der Waals surface area contributed by atoms with Crippen LogP contribution in [0.2, 0.25) is 0 Å². The van der Waals surface area contributed by atoms with Crippen LogP contribution in [0, 0.1) is 11.3 Å². The average Bonchev–Trinajstić information content (AvgIpc) is 2.29. The molecule has 0 aromatic heterocycles. The van der Waals surface area contributed by atoms with E-state index < -0.39 is 0 Å². The van der Waals surface area contributed by atoms with Crippen LogP contribution >= 0.6 is 0 Å². The minimum Gasteiger partial charge on any atom is -0.300 e. The molecule has 0 saturated carbocycles. The molecular weight excluding hydrogens is 186 g/mol. The van der Waals surface area contributed by atoms with Gasteiger partial charge in [0.15, 0.2) is 0 Å². The summed E-state index contributed by atoms with van der Waals surface area (Å²) in [5.74, 6) is 0. The van der Waals surface area contributed by atoms with Crippen LogP contribution in [0.5, 0.6) is 0 Å². The van der Waals surface area contributed by atoms with Crippen molar-refractivity contribution in [2.24, 2.45) is 0 Å². The number of hydrogen-bond donors (Lipinski definition) is 0. The predicted molar refractivity (Wildman–Crippen MR) is 60.5 cm³/mol. The van der Waals surface area contributed by atoms with Gasteiger partial charge in [-0.05, 0) is 32.4 Å². The lowest BCUT2D eigenvalue weighted by Crippen LogP contribution is -2.54. The van der Waals surface area contributed by atoms with Crippen molar-refractivity contribution < 1.29 is 0 Å². The molecule has 1 unspecified atom stereocenters. The molecule has 2 heterocycles. The highest BCUT2D eigenvalue weighted by molar-refractivity contribution is 4.85. The summed E-state index contributed by atoms with van der Waals surface area (Å²) in [6.07, 6.45) is 5.95. The van der Waals surface area contributed by atoms with E-state index in [4.69, 9.17) is 5.26 Å². The van der Waals surface area contributed by atoms with Gasteiger partial charge in [-0.2, -0.15) is 5.26 Å². The number of nitrogens with zero attached hydrogens (tertiary/aromatic N) is 3. The first-order valence-electron chi connectivity index (χ1n) is 6.23. The summed E-state index contributed by atoms with van der Waals surface area (Å²) in [6.45, 7) is 6.14. The molecule has 0 bridgehead atoms. The predicted octanol–water partition coefficient (Wildman–Crippen LogP) is 1.46. The summed E-state index contributed by atoms with van der Waals surface area (Å²) in [4.78, 5) is 5.20. The first-order valence-corrected chi connectivity index (χ1v) is 6.23. The Morgan fingerprint density at radius 2 is 2.13 bits per heavy atom. The van der Waals surface area contributed by atoms with Crippen LogP contribution in [0.1, 0.15) is 32.1 Å². The summed E-state index contributed by atoms with van der Waals surface area (Å²) in [7, 11) is 0. The van der Waals surface area contributed by atoms with Crippen LogP contribution in [-0.4, -0.2) is 48.6 Å². The summed E-state index contributed by atoms with van der Waals surface area (Å²) >= 11 is 0. The molecule has 0 aromatic carbocycles. The molecule has 2 aliphatic rings. The molecule has 2 saturated heterocycles. The Bertz CT molecular complexity index is 234. The average molecular weight is 207 g/mol. The molecule has 0 radical (unpaired) electrons. The van der Waals surface area contributed by atoms with Crippen LogP contribution in [0.4, 0.5) is 0 Å². The molecule has 2 aliphatic heterocycles. The summed E-state index contributed by atoms with van der Waals surface area (Å²) in [5.41, 5.74) is 0. The van der Waals surface area contributed by atoms with Crippen molar-refractivity contribution in [2.75, 3.05) is 32.7 Å². The topological polar surface area (TPSA) is 30.3 Å². The molecule has 2 fully saturated rings. The third-order valence-corrected chi connectivity index (χ3v) is 3.68. The van der Waals surface area contributed by atoms with E-state index in [1.165, 1.54) is 45.4 Å². The molecule has 3 heteroatoms. The first-order chi connectivity index (χ1) is 7.40. The van der Waals surface area contributed by atoms with Gasteiger partial charge in [-0.1, -0.05) is 6.42 Å². The number of fused-ring (bicyclic) bond motifs is 1. The van der Waals surface area contributed by atoms with Gasteiger partial charge < -0.3 is 4.90 Å². The molecule has 0 amide bonds. The van der Waals surface area contributed by atoms with Gasteiger partial charge in [-0.3, -0.25) is 4.90 Å². The summed E-state index contributed by atoms with van der Waals surface area (Å²) in [5, 5.41) is 8.51. The van der Waals surface area contributed by atoms with Crippen LogP contribution in [0.25, 0.3) is 0 Å². The summed E-state index contributed by atoms with van der Waals surface area (Å²) in [6, 6.07) is 3.04. The molecule has 0 aliphatic carbocycles. The van der Waals surface area contributed by atoms with Gasteiger partial charge in [0.1, 0.15) is 0 Å². The van der Waals surface area contributed by atoms with Crippen molar-refractivity contribution in [3.05, 3.63) is 0 Å². The zero-order valence-corrected chi connectivity index (χ0v) is 9.49. The number of piperidine rings is 1. The van der Waals surface area contributed by atoms with Crippen molar-refractivity contribution in [2.45, 2.75) is 38.1 Å². The molecule has 15 heavy (non-hydrogen) atoms. The van der Waals surface area contributed by atoms with E-state index >= 15 is 0 Å². The van der Waals surface area contributed by atoms with E-state index in [1.807, 2.05) is 0 Å². The lowest BCUT2D eigenvalue weighted by atomic mass is 9.99. The zero-order chi connectivity index (χ0) is 10.5. The highest BCUT2D eigenvalue weighted by atomic mass is 15.3. The van der Waals surface area contributed by atoms with Gasteiger partial charge in [-0.15, -0.1) is 0 Å². The number of piperazine rings is 1. The maximum absolute atomic E-state index is 8.51. The third kappa shape index (κ3) is 2.93. The van der Waals surface area contributed by atoms with E-state index in [1.54, 1.807) is 0 Å². The normalized spacial score (nSPS) is 28.3. The van der Waals surface area contributed by atoms with Crippen LogP contribution < -0.4 is 0 Å². The molecule has 0 N–H and O–H groups in total. The molecule has 84 valence electrons. The lowest BCUT2D eigenvalue weighted by Gasteiger charge is -2.44. The molecule has 0 aromatic rings. The number of nitriles is 1. The first kappa shape index (κ1) is 10.9. The SMILES string of the molecule is N#CCCCN1CCN2CCCCC2C1. The maximum atomic E-state index is 8.51. The van der Waals surface area contributed by atoms with E-state index in [2.05, 4.69) is 15.9 Å². The van der Waals surface area contributed by atoms with Crippen LogP contribution in [0.15, 0.2) is 0 Å². The van der Waals surface area contributed by atoms with Crippen molar-refractivity contribution >= 4 is 0 Å². The quantitative estimate of drug-likeness (QED) is 0.656. The minimum atomic E-state index is 0.713. The Hall–Kier alpha value is -0.590. The van der Waals surface area contributed by atoms with E-state index in [-0.39, 0.29) is 0 Å². The second-order valence-corrected chi connectivity index (χ2v) is 4.75. The molecular formula is C12H21N3. The van der Waals surface area contributed by atoms with Gasteiger partial charge in [-0.25, -0.2) is 0 Å². The fraction of sp³-hybridized carbons (Fsp3) is 0.917. The lowest BCUT2D eigenvalue weighted by molar-refractivity contribution is 0.0491. The number of unbranched alkanes of at least 4 members (excludes halogenated alkanes) is 1. The summed E-state index contributed by atoms with van der Waals surface area (Å²) < 4.78 is 0. The van der Waals surface area contributed by atoms with E-state index in [0.29, 0.717) is 6.42 Å². The zero-order valence-electron chi connectivity index (χ0n) is 9.49. The largest absolute Gasteiger partial charge is 0.300 e. The highest BCUT2D eigenvalue weighted by Gasteiger charge is 2.28. The second-order valence-electron chi connectivity index (χ2n) is 4.75. The van der Waals surface area contributed by atoms with Crippen molar-refractivity contribution in [1.29, 1.82) is 5.26 Å². The van der Waals surface area contributed by atoms with Crippen LogP contribution in [-0.2, 0) is 0 Å². The Labute approximate surface area is 92.7 Å². The standard InChI is InChI=1S/C12H21N3/c13-6-2-4-7-14-9-10-15-8-3-1-5-12(15)11-14/h12H,1-5,7-11H2. The smallest absolute Gasteiger partial charge is 0.0622 e. The fourth-order valence-electron chi connectivity index (χ4n) is 2.81. The molecule has 1 atom stereocenters. The molecule has 3 nitrogen and oxygen atoms in total. The van der Waals surface area contributed by atoms with Crippen molar-refractivity contribution in [3.63, 3.8) is 0 Å². The van der Waals surface area contributed by atoms with Gasteiger partial charge in [0.25, 0.3) is 0 Å². The van der Waals surface area contributed by atoms with Crippen LogP contribution in [0.3, 0.4) is 0 Å². The highest BCUT2D eigenvalue weighted by Crippen LogP contribution is 2.21. The van der Waals surface area contributed by atoms with Gasteiger partial charge in [0.2, 0.25) is 0 Å². The maximum Gasteiger partial charge on any atom is 0.0622 e. The number of hydrogen-bond acceptors (Lipinski definition) is 3. The van der Waals surface area contributed by atoms with Gasteiger partial charge in [0, 0.05) is 32.1 Å². The Morgan fingerprint density at radius 1 is 1.20 bits per heavy atom. The Morgan fingerprint density at radius 3 is 3.00 bits per heavy atom. The number of rotatable bonds is 3. The van der Waals surface area contributed by atoms with Gasteiger partial charge >= 0.3 is 0 Å². The van der Waals surface area contributed by atoms with Gasteiger partial charge in [0.05, 0.1) is 6.07 Å². The molecule has 2 rings (SSSR count). The minimum absolute atomic E-state index is 0.713. The van der Waals surface area contributed by atoms with E-state index in [0.717, 1.165) is 19.0 Å². The van der Waals surface area contributed by atoms with Crippen molar-refractivity contribution in [1.82, 2.24) is 9.80 Å². The molecule has 0 spiro atoms. The fourth-order valence-corrected chi connectivity index (χ4v) is 2.81. The monoisotopic (exact) mass is 207 g/mol. The van der Waals surface area contributed by atoms with E-state index in [9.17, 15) is 0 Å². The Kier molecular flexibility index (Phi) is 3.99. The second kappa shape index (κ2) is 5.48.